The van der Waals surface area contributed by atoms with Gasteiger partial charge in [-0.2, -0.15) is 0 Å². The zero-order valence-electron chi connectivity index (χ0n) is 16.2. The third-order valence-electron chi connectivity index (χ3n) is 5.42. The summed E-state index contributed by atoms with van der Waals surface area (Å²) in [5, 5.41) is 1.28. The summed E-state index contributed by atoms with van der Waals surface area (Å²) < 4.78 is 2.40. The van der Waals surface area contributed by atoms with Crippen molar-refractivity contribution >= 4 is 16.8 Å². The minimum Gasteiger partial charge on any atom is -0.341 e. The summed E-state index contributed by atoms with van der Waals surface area (Å²) in [6.07, 6.45) is 1.54. The number of hydrogen-bond donors (Lipinski definition) is 0. The molecule has 4 heteroatoms. The molecule has 0 aliphatic carbocycles. The van der Waals surface area contributed by atoms with E-state index in [1.807, 2.05) is 4.90 Å². The minimum absolute atomic E-state index is 0.271. The SMILES string of the molecule is CN(C)CCCC(=O)N1CCn2c(c(-c3ccccc3)c3ccccc32)C1. The number of benzene rings is 2. The van der Waals surface area contributed by atoms with Crippen LogP contribution in [0.5, 0.6) is 0 Å². The molecule has 1 aromatic heterocycles. The molecule has 1 aliphatic heterocycles. The van der Waals surface area contributed by atoms with Crippen LogP contribution >= 0.6 is 0 Å². The van der Waals surface area contributed by atoms with Crippen LogP contribution in [0.4, 0.5) is 0 Å². The maximum absolute atomic E-state index is 12.8. The Morgan fingerprint density at radius 1 is 1.00 bits per heavy atom. The van der Waals surface area contributed by atoms with Crippen LogP contribution < -0.4 is 0 Å². The van der Waals surface area contributed by atoms with E-state index in [2.05, 4.69) is 78.2 Å². The predicted molar refractivity (Wildman–Crippen MR) is 111 cm³/mol. The summed E-state index contributed by atoms with van der Waals surface area (Å²) in [6, 6.07) is 19.2. The van der Waals surface area contributed by atoms with Gasteiger partial charge in [-0.05, 0) is 38.7 Å². The van der Waals surface area contributed by atoms with Crippen LogP contribution in [0, 0.1) is 0 Å². The number of nitrogens with zero attached hydrogens (tertiary/aromatic N) is 3. The zero-order valence-corrected chi connectivity index (χ0v) is 16.2. The first-order valence-electron chi connectivity index (χ1n) is 9.73. The highest BCUT2D eigenvalue weighted by Crippen LogP contribution is 2.37. The number of carbonyl (C=O) groups excluding carboxylic acids is 1. The zero-order chi connectivity index (χ0) is 18.8. The number of carbonyl (C=O) groups is 1. The van der Waals surface area contributed by atoms with E-state index >= 15 is 0 Å². The Hall–Kier alpha value is -2.59. The summed E-state index contributed by atoms with van der Waals surface area (Å²) in [6.45, 7) is 3.30. The fourth-order valence-corrected chi connectivity index (χ4v) is 4.10. The lowest BCUT2D eigenvalue weighted by atomic mass is 10.0. The van der Waals surface area contributed by atoms with Crippen LogP contribution in [0.2, 0.25) is 0 Å². The molecule has 0 unspecified atom stereocenters. The molecule has 0 saturated carbocycles. The monoisotopic (exact) mass is 361 g/mol. The molecule has 4 rings (SSSR count). The smallest absolute Gasteiger partial charge is 0.223 e. The average Bonchev–Trinajstić information content (AvgIpc) is 3.02. The number of para-hydroxylation sites is 1. The molecule has 0 N–H and O–H groups in total. The largest absolute Gasteiger partial charge is 0.341 e. The van der Waals surface area contributed by atoms with Gasteiger partial charge in [0.15, 0.2) is 0 Å². The molecule has 2 aromatic carbocycles. The van der Waals surface area contributed by atoms with Gasteiger partial charge < -0.3 is 14.4 Å². The Morgan fingerprint density at radius 3 is 2.52 bits per heavy atom. The molecule has 4 nitrogen and oxygen atoms in total. The third-order valence-corrected chi connectivity index (χ3v) is 5.42. The summed E-state index contributed by atoms with van der Waals surface area (Å²) in [7, 11) is 4.10. The number of fused-ring (bicyclic) bond motifs is 3. The highest BCUT2D eigenvalue weighted by Gasteiger charge is 2.26. The van der Waals surface area contributed by atoms with Crippen molar-refractivity contribution in [1.82, 2.24) is 14.4 Å². The summed E-state index contributed by atoms with van der Waals surface area (Å²) in [5.41, 5.74) is 5.03. The van der Waals surface area contributed by atoms with Crippen LogP contribution in [-0.2, 0) is 17.9 Å². The van der Waals surface area contributed by atoms with Gasteiger partial charge in [0.1, 0.15) is 0 Å². The van der Waals surface area contributed by atoms with Crippen LogP contribution in [0.25, 0.3) is 22.0 Å². The molecule has 3 aromatic rings. The van der Waals surface area contributed by atoms with Crippen molar-refractivity contribution in [3.8, 4) is 11.1 Å². The molecule has 0 saturated heterocycles. The van der Waals surface area contributed by atoms with Crippen molar-refractivity contribution in [3.63, 3.8) is 0 Å². The molecule has 2 heterocycles. The first-order chi connectivity index (χ1) is 13.1. The molecule has 0 atom stereocenters. The van der Waals surface area contributed by atoms with Crippen LogP contribution in [0.15, 0.2) is 54.6 Å². The van der Waals surface area contributed by atoms with Gasteiger partial charge in [0.05, 0.1) is 6.54 Å². The second-order valence-electron chi connectivity index (χ2n) is 7.58. The highest BCUT2D eigenvalue weighted by atomic mass is 16.2. The van der Waals surface area contributed by atoms with E-state index in [1.54, 1.807) is 0 Å². The van der Waals surface area contributed by atoms with E-state index in [1.165, 1.54) is 27.7 Å². The van der Waals surface area contributed by atoms with E-state index in [9.17, 15) is 4.79 Å². The number of hydrogen-bond acceptors (Lipinski definition) is 2. The maximum atomic E-state index is 12.8. The maximum Gasteiger partial charge on any atom is 0.223 e. The fraction of sp³-hybridized carbons (Fsp3) is 0.348. The van der Waals surface area contributed by atoms with Gasteiger partial charge >= 0.3 is 0 Å². The van der Waals surface area contributed by atoms with Crippen molar-refractivity contribution < 1.29 is 4.79 Å². The number of aromatic nitrogens is 1. The molecule has 1 amide bonds. The van der Waals surface area contributed by atoms with Crippen molar-refractivity contribution in [3.05, 3.63) is 60.3 Å². The molecule has 0 fully saturated rings. The van der Waals surface area contributed by atoms with Gasteiger partial charge in [0.25, 0.3) is 0 Å². The average molecular weight is 361 g/mol. The summed E-state index contributed by atoms with van der Waals surface area (Å²) >= 11 is 0. The third kappa shape index (κ3) is 3.50. The molecular formula is C23H27N3O. The Morgan fingerprint density at radius 2 is 1.74 bits per heavy atom. The second kappa shape index (κ2) is 7.57. The lowest BCUT2D eigenvalue weighted by molar-refractivity contribution is -0.132. The fourth-order valence-electron chi connectivity index (χ4n) is 4.10. The first kappa shape index (κ1) is 17.8. The molecule has 27 heavy (non-hydrogen) atoms. The Balaban J connectivity index is 1.67. The van der Waals surface area contributed by atoms with E-state index in [0.717, 1.165) is 26.1 Å². The molecule has 1 aliphatic rings. The van der Waals surface area contributed by atoms with Gasteiger partial charge in [-0.25, -0.2) is 0 Å². The molecule has 0 bridgehead atoms. The lowest BCUT2D eigenvalue weighted by Gasteiger charge is -2.30. The van der Waals surface area contributed by atoms with Crippen LogP contribution in [0.3, 0.4) is 0 Å². The van der Waals surface area contributed by atoms with Gasteiger partial charge in [-0.15, -0.1) is 0 Å². The topological polar surface area (TPSA) is 28.5 Å². The lowest BCUT2D eigenvalue weighted by Crippen LogP contribution is -2.38. The standard InChI is InChI=1S/C23H27N3O/c1-24(2)14-8-13-22(27)25-15-16-26-20-12-7-6-11-19(20)23(21(26)17-25)18-9-4-3-5-10-18/h3-7,9-12H,8,13-17H2,1-2H3. The van der Waals surface area contributed by atoms with Gasteiger partial charge in [-0.3, -0.25) is 4.79 Å². The Kier molecular flexibility index (Phi) is 4.99. The molecule has 0 radical (unpaired) electrons. The predicted octanol–water partition coefficient (Wildman–Crippen LogP) is 3.99. The van der Waals surface area contributed by atoms with E-state index in [-0.39, 0.29) is 5.91 Å². The van der Waals surface area contributed by atoms with Crippen molar-refractivity contribution in [2.45, 2.75) is 25.9 Å². The summed E-state index contributed by atoms with van der Waals surface area (Å²) in [5.74, 6) is 0.271. The molecule has 0 spiro atoms. The van der Waals surface area contributed by atoms with Gasteiger partial charge in [0, 0.05) is 41.7 Å². The van der Waals surface area contributed by atoms with E-state index in [4.69, 9.17) is 0 Å². The molecular weight excluding hydrogens is 334 g/mol. The summed E-state index contributed by atoms with van der Waals surface area (Å²) in [4.78, 5) is 16.9. The molecule has 140 valence electrons. The number of amides is 1. The number of rotatable bonds is 5. The minimum atomic E-state index is 0.271. The van der Waals surface area contributed by atoms with Crippen molar-refractivity contribution in [1.29, 1.82) is 0 Å². The second-order valence-corrected chi connectivity index (χ2v) is 7.58. The Labute approximate surface area is 161 Å². The van der Waals surface area contributed by atoms with E-state index < -0.39 is 0 Å². The van der Waals surface area contributed by atoms with E-state index in [0.29, 0.717) is 13.0 Å². The first-order valence-corrected chi connectivity index (χ1v) is 9.73. The van der Waals surface area contributed by atoms with Gasteiger partial charge in [0.2, 0.25) is 5.91 Å². The quantitative estimate of drug-likeness (QED) is 0.687. The van der Waals surface area contributed by atoms with Crippen molar-refractivity contribution in [2.75, 3.05) is 27.2 Å². The Bertz CT molecular complexity index is 943. The van der Waals surface area contributed by atoms with Gasteiger partial charge in [-0.1, -0.05) is 48.5 Å². The van der Waals surface area contributed by atoms with Crippen LogP contribution in [0.1, 0.15) is 18.5 Å². The van der Waals surface area contributed by atoms with Crippen molar-refractivity contribution in [2.24, 2.45) is 0 Å². The van der Waals surface area contributed by atoms with Crippen LogP contribution in [-0.4, -0.2) is 47.5 Å². The normalized spacial score (nSPS) is 14.0. The highest BCUT2D eigenvalue weighted by molar-refractivity contribution is 5.98.